The second kappa shape index (κ2) is 8.24. The van der Waals surface area contributed by atoms with Crippen LogP contribution < -0.4 is 5.32 Å². The van der Waals surface area contributed by atoms with E-state index in [4.69, 9.17) is 0 Å². The minimum atomic E-state index is -0.0963. The van der Waals surface area contributed by atoms with Gasteiger partial charge in [0, 0.05) is 44.5 Å². The van der Waals surface area contributed by atoms with E-state index in [1.54, 1.807) is 17.3 Å². The number of aryl methyl sites for hydroxylation is 2. The summed E-state index contributed by atoms with van der Waals surface area (Å²) in [5.74, 6) is -0.146. The van der Waals surface area contributed by atoms with Crippen LogP contribution in [-0.2, 0) is 16.1 Å². The molecule has 0 spiro atoms. The second-order valence-corrected chi connectivity index (χ2v) is 5.97. The minimum absolute atomic E-state index is 0.0500. The van der Waals surface area contributed by atoms with Crippen molar-refractivity contribution in [1.29, 1.82) is 0 Å². The number of amides is 2. The lowest BCUT2D eigenvalue weighted by atomic mass is 10.1. The summed E-state index contributed by atoms with van der Waals surface area (Å²) in [7, 11) is 0. The summed E-state index contributed by atoms with van der Waals surface area (Å²) < 4.78 is 0. The summed E-state index contributed by atoms with van der Waals surface area (Å²) in [4.78, 5) is 29.6. The van der Waals surface area contributed by atoms with Crippen LogP contribution in [0.5, 0.6) is 0 Å². The van der Waals surface area contributed by atoms with E-state index < -0.39 is 0 Å². The highest BCUT2D eigenvalue weighted by Gasteiger charge is 2.12. The highest BCUT2D eigenvalue weighted by molar-refractivity contribution is 5.91. The van der Waals surface area contributed by atoms with Gasteiger partial charge in [-0.2, -0.15) is 0 Å². The topological polar surface area (TPSA) is 62.3 Å². The van der Waals surface area contributed by atoms with Crippen LogP contribution in [0, 0.1) is 13.8 Å². The van der Waals surface area contributed by atoms with Gasteiger partial charge in [-0.05, 0) is 54.8 Å². The maximum absolute atomic E-state index is 12.2. The molecule has 1 N–H and O–H groups in total. The molecule has 2 rings (SSSR count). The Kier molecular flexibility index (Phi) is 6.07. The lowest BCUT2D eigenvalue weighted by Crippen LogP contribution is -2.31. The highest BCUT2D eigenvalue weighted by atomic mass is 16.2. The van der Waals surface area contributed by atoms with Gasteiger partial charge < -0.3 is 10.2 Å². The van der Waals surface area contributed by atoms with E-state index in [0.717, 1.165) is 22.4 Å². The van der Waals surface area contributed by atoms with Crippen molar-refractivity contribution < 1.29 is 9.59 Å². The van der Waals surface area contributed by atoms with Gasteiger partial charge in [0.2, 0.25) is 11.8 Å². The van der Waals surface area contributed by atoms with E-state index in [2.05, 4.69) is 16.4 Å². The molecule has 0 bridgehead atoms. The normalized spacial score (nSPS) is 10.3. The van der Waals surface area contributed by atoms with Crippen molar-refractivity contribution >= 4 is 17.5 Å². The first-order chi connectivity index (χ1) is 11.4. The standard InChI is InChI=1S/C19H23N3O2/c1-14-10-15(2)12-18(11-14)21-19(24)6-9-22(16(3)23)13-17-4-7-20-8-5-17/h4-5,7-8,10-12H,6,9,13H2,1-3H3,(H,21,24). The Morgan fingerprint density at radius 2 is 1.71 bits per heavy atom. The van der Waals surface area contributed by atoms with Gasteiger partial charge in [0.15, 0.2) is 0 Å². The third-order valence-electron chi connectivity index (χ3n) is 3.68. The number of benzene rings is 1. The molecule has 24 heavy (non-hydrogen) atoms. The number of aromatic nitrogens is 1. The summed E-state index contributed by atoms with van der Waals surface area (Å²) in [6, 6.07) is 9.66. The molecule has 5 nitrogen and oxygen atoms in total. The molecule has 0 aliphatic heterocycles. The van der Waals surface area contributed by atoms with E-state index in [1.807, 2.05) is 38.1 Å². The number of anilines is 1. The van der Waals surface area contributed by atoms with Crippen LogP contribution in [-0.4, -0.2) is 28.2 Å². The average molecular weight is 325 g/mol. The smallest absolute Gasteiger partial charge is 0.226 e. The van der Waals surface area contributed by atoms with E-state index >= 15 is 0 Å². The molecule has 2 aromatic rings. The zero-order valence-electron chi connectivity index (χ0n) is 14.4. The lowest BCUT2D eigenvalue weighted by Gasteiger charge is -2.21. The van der Waals surface area contributed by atoms with Crippen LogP contribution in [0.1, 0.15) is 30.0 Å². The molecule has 2 amide bonds. The Balaban J connectivity index is 1.91. The number of carbonyl (C=O) groups is 2. The van der Waals surface area contributed by atoms with E-state index in [-0.39, 0.29) is 18.2 Å². The summed E-state index contributed by atoms with van der Waals surface area (Å²) >= 11 is 0. The fourth-order valence-electron chi connectivity index (χ4n) is 2.56. The van der Waals surface area contributed by atoms with Gasteiger partial charge in [0.1, 0.15) is 0 Å². The van der Waals surface area contributed by atoms with Crippen LogP contribution >= 0.6 is 0 Å². The Labute approximate surface area is 142 Å². The monoisotopic (exact) mass is 325 g/mol. The number of nitrogens with one attached hydrogen (secondary N) is 1. The zero-order valence-corrected chi connectivity index (χ0v) is 14.4. The van der Waals surface area contributed by atoms with Gasteiger partial charge in [0.05, 0.1) is 0 Å². The summed E-state index contributed by atoms with van der Waals surface area (Å²) in [6.07, 6.45) is 3.65. The van der Waals surface area contributed by atoms with Crippen LogP contribution in [0.15, 0.2) is 42.7 Å². The van der Waals surface area contributed by atoms with Crippen molar-refractivity contribution in [2.45, 2.75) is 33.7 Å². The first kappa shape index (κ1) is 17.7. The molecular weight excluding hydrogens is 302 g/mol. The molecule has 0 radical (unpaired) electrons. The first-order valence-electron chi connectivity index (χ1n) is 7.96. The minimum Gasteiger partial charge on any atom is -0.338 e. The molecule has 1 aromatic carbocycles. The molecule has 0 unspecified atom stereocenters. The fraction of sp³-hybridized carbons (Fsp3) is 0.316. The predicted octanol–water partition coefficient (Wildman–Crippen LogP) is 3.08. The molecule has 1 aromatic heterocycles. The molecule has 0 aliphatic carbocycles. The summed E-state index contributed by atoms with van der Waals surface area (Å²) in [6.45, 7) is 6.37. The van der Waals surface area contributed by atoms with E-state index in [9.17, 15) is 9.59 Å². The number of hydrogen-bond donors (Lipinski definition) is 1. The lowest BCUT2D eigenvalue weighted by molar-refractivity contribution is -0.129. The molecular formula is C19H23N3O2. The third kappa shape index (κ3) is 5.50. The quantitative estimate of drug-likeness (QED) is 0.888. The van der Waals surface area contributed by atoms with Crippen LogP contribution in [0.25, 0.3) is 0 Å². The summed E-state index contributed by atoms with van der Waals surface area (Å²) in [5, 5.41) is 2.89. The molecule has 0 aliphatic rings. The van der Waals surface area contributed by atoms with Crippen molar-refractivity contribution in [3.8, 4) is 0 Å². The molecule has 0 saturated carbocycles. The molecule has 1 heterocycles. The van der Waals surface area contributed by atoms with Gasteiger partial charge in [0.25, 0.3) is 0 Å². The maximum atomic E-state index is 12.2. The van der Waals surface area contributed by atoms with Crippen molar-refractivity contribution in [3.05, 3.63) is 59.4 Å². The van der Waals surface area contributed by atoms with Crippen molar-refractivity contribution in [3.63, 3.8) is 0 Å². The van der Waals surface area contributed by atoms with E-state index in [0.29, 0.717) is 13.1 Å². The van der Waals surface area contributed by atoms with Gasteiger partial charge in [-0.3, -0.25) is 14.6 Å². The predicted molar refractivity (Wildman–Crippen MR) is 94.5 cm³/mol. The largest absolute Gasteiger partial charge is 0.338 e. The van der Waals surface area contributed by atoms with Crippen molar-refractivity contribution in [1.82, 2.24) is 9.88 Å². The summed E-state index contributed by atoms with van der Waals surface area (Å²) in [5.41, 5.74) is 4.00. The Morgan fingerprint density at radius 3 is 2.29 bits per heavy atom. The Hall–Kier alpha value is -2.69. The Morgan fingerprint density at radius 1 is 1.08 bits per heavy atom. The highest BCUT2D eigenvalue weighted by Crippen LogP contribution is 2.14. The fourth-order valence-corrected chi connectivity index (χ4v) is 2.56. The molecule has 126 valence electrons. The molecule has 5 heteroatoms. The van der Waals surface area contributed by atoms with Gasteiger partial charge in [-0.1, -0.05) is 6.07 Å². The third-order valence-corrected chi connectivity index (χ3v) is 3.68. The van der Waals surface area contributed by atoms with Crippen LogP contribution in [0.2, 0.25) is 0 Å². The van der Waals surface area contributed by atoms with Gasteiger partial charge in [-0.25, -0.2) is 0 Å². The number of carbonyl (C=O) groups excluding carboxylic acids is 2. The first-order valence-corrected chi connectivity index (χ1v) is 7.96. The molecule has 0 atom stereocenters. The van der Waals surface area contributed by atoms with Crippen molar-refractivity contribution in [2.24, 2.45) is 0 Å². The number of nitrogens with zero attached hydrogens (tertiary/aromatic N) is 2. The van der Waals surface area contributed by atoms with E-state index in [1.165, 1.54) is 6.92 Å². The van der Waals surface area contributed by atoms with Crippen molar-refractivity contribution in [2.75, 3.05) is 11.9 Å². The SMILES string of the molecule is CC(=O)N(CCC(=O)Nc1cc(C)cc(C)c1)Cc1ccncc1. The maximum Gasteiger partial charge on any atom is 0.226 e. The zero-order chi connectivity index (χ0) is 17.5. The number of hydrogen-bond acceptors (Lipinski definition) is 3. The number of rotatable bonds is 6. The molecule has 0 saturated heterocycles. The Bertz CT molecular complexity index is 694. The van der Waals surface area contributed by atoms with Crippen LogP contribution in [0.4, 0.5) is 5.69 Å². The van der Waals surface area contributed by atoms with Crippen LogP contribution in [0.3, 0.4) is 0 Å². The van der Waals surface area contributed by atoms with Gasteiger partial charge in [-0.15, -0.1) is 0 Å². The number of pyridine rings is 1. The second-order valence-electron chi connectivity index (χ2n) is 5.97. The van der Waals surface area contributed by atoms with Gasteiger partial charge >= 0.3 is 0 Å². The molecule has 0 fully saturated rings. The average Bonchev–Trinajstić information content (AvgIpc) is 2.51.